The lowest BCUT2D eigenvalue weighted by Gasteiger charge is -2.09. The first-order valence-corrected chi connectivity index (χ1v) is 5.56. The molecule has 2 aromatic rings. The molecule has 0 fully saturated rings. The molecule has 0 saturated carbocycles. The van der Waals surface area contributed by atoms with Crippen LogP contribution in [0, 0.1) is 5.41 Å². The van der Waals surface area contributed by atoms with Crippen molar-refractivity contribution in [2.24, 2.45) is 5.73 Å². The van der Waals surface area contributed by atoms with Gasteiger partial charge in [-0.25, -0.2) is 0 Å². The summed E-state index contributed by atoms with van der Waals surface area (Å²) in [6.45, 7) is 0. The molecule has 3 heteroatoms. The summed E-state index contributed by atoms with van der Waals surface area (Å²) in [5, 5.41) is 9.35. The Morgan fingerprint density at radius 2 is 2.18 bits per heavy atom. The van der Waals surface area contributed by atoms with Gasteiger partial charge in [-0.05, 0) is 23.4 Å². The number of nitrogens with one attached hydrogen (secondary N) is 1. The zero-order valence-corrected chi connectivity index (χ0v) is 9.81. The van der Waals surface area contributed by atoms with Gasteiger partial charge >= 0.3 is 0 Å². The monoisotopic (exact) mass is 228 g/mol. The molecular formula is C14H16N2O. The van der Waals surface area contributed by atoms with Crippen molar-refractivity contribution in [1.29, 1.82) is 5.41 Å². The molecule has 0 saturated heterocycles. The normalized spacial score (nSPS) is 12.4. The number of benzene rings is 2. The Morgan fingerprint density at radius 1 is 1.35 bits per heavy atom. The maximum atomic E-state index is 7.11. The standard InChI is InChI=1S/C14H16N2O/c1-17-14-4-2-3-11-7-10(5-6-13(11)14)8-12(16)9-15/h2-7,9,12,15H,8,16H2,1H3. The summed E-state index contributed by atoms with van der Waals surface area (Å²) in [4.78, 5) is 0. The van der Waals surface area contributed by atoms with Crippen molar-refractivity contribution in [1.82, 2.24) is 0 Å². The van der Waals surface area contributed by atoms with Crippen molar-refractivity contribution in [2.75, 3.05) is 7.11 Å². The molecule has 0 aliphatic heterocycles. The van der Waals surface area contributed by atoms with Gasteiger partial charge in [-0.1, -0.05) is 30.3 Å². The van der Waals surface area contributed by atoms with Crippen LogP contribution in [0.2, 0.25) is 0 Å². The van der Waals surface area contributed by atoms with Crippen LogP contribution in [0.4, 0.5) is 0 Å². The van der Waals surface area contributed by atoms with E-state index >= 15 is 0 Å². The zero-order valence-electron chi connectivity index (χ0n) is 9.81. The van der Waals surface area contributed by atoms with Crippen LogP contribution in [0.15, 0.2) is 36.4 Å². The minimum absolute atomic E-state index is 0.210. The van der Waals surface area contributed by atoms with Crippen LogP contribution in [0.1, 0.15) is 5.56 Å². The number of fused-ring (bicyclic) bond motifs is 1. The fourth-order valence-electron chi connectivity index (χ4n) is 1.94. The third-order valence-electron chi connectivity index (χ3n) is 2.81. The first-order chi connectivity index (χ1) is 8.24. The molecule has 3 N–H and O–H groups in total. The number of hydrogen-bond acceptors (Lipinski definition) is 3. The first kappa shape index (κ1) is 11.6. The highest BCUT2D eigenvalue weighted by Gasteiger charge is 2.04. The van der Waals surface area contributed by atoms with E-state index in [1.807, 2.05) is 24.3 Å². The number of rotatable bonds is 4. The topological polar surface area (TPSA) is 59.1 Å². The average molecular weight is 228 g/mol. The molecule has 1 unspecified atom stereocenters. The molecule has 0 bridgehead atoms. The molecule has 0 aliphatic rings. The summed E-state index contributed by atoms with van der Waals surface area (Å²) in [6.07, 6.45) is 1.96. The van der Waals surface area contributed by atoms with E-state index in [-0.39, 0.29) is 6.04 Å². The fraction of sp³-hybridized carbons (Fsp3) is 0.214. The first-order valence-electron chi connectivity index (χ1n) is 5.56. The van der Waals surface area contributed by atoms with E-state index in [0.29, 0.717) is 6.42 Å². The molecule has 88 valence electrons. The summed E-state index contributed by atoms with van der Waals surface area (Å²) in [6, 6.07) is 11.9. The maximum absolute atomic E-state index is 7.11. The molecule has 0 aliphatic carbocycles. The van der Waals surface area contributed by atoms with E-state index in [1.165, 1.54) is 6.21 Å². The SMILES string of the molecule is COc1cccc2cc(CC(N)C=N)ccc12. The van der Waals surface area contributed by atoms with E-state index < -0.39 is 0 Å². The van der Waals surface area contributed by atoms with Gasteiger partial charge in [0.15, 0.2) is 0 Å². The van der Waals surface area contributed by atoms with Crippen LogP contribution in [0.5, 0.6) is 5.75 Å². The molecule has 0 spiro atoms. The lowest BCUT2D eigenvalue weighted by atomic mass is 10.0. The minimum atomic E-state index is -0.210. The molecule has 0 amide bonds. The predicted octanol–water partition coefficient (Wildman–Crippen LogP) is 2.37. The lowest BCUT2D eigenvalue weighted by molar-refractivity contribution is 0.420. The van der Waals surface area contributed by atoms with Crippen molar-refractivity contribution >= 4 is 17.0 Å². The van der Waals surface area contributed by atoms with Crippen LogP contribution in [0.25, 0.3) is 10.8 Å². The Balaban J connectivity index is 2.41. The number of nitrogens with two attached hydrogens (primary N) is 1. The Kier molecular flexibility index (Phi) is 3.40. The highest BCUT2D eigenvalue weighted by Crippen LogP contribution is 2.26. The van der Waals surface area contributed by atoms with Gasteiger partial charge in [0.2, 0.25) is 0 Å². The van der Waals surface area contributed by atoms with Gasteiger partial charge in [-0.3, -0.25) is 0 Å². The fourth-order valence-corrected chi connectivity index (χ4v) is 1.94. The molecule has 2 rings (SSSR count). The second-order valence-electron chi connectivity index (χ2n) is 4.05. The van der Waals surface area contributed by atoms with Crippen molar-refractivity contribution in [3.8, 4) is 5.75 Å². The largest absolute Gasteiger partial charge is 0.496 e. The van der Waals surface area contributed by atoms with Crippen LogP contribution in [-0.4, -0.2) is 19.4 Å². The van der Waals surface area contributed by atoms with Crippen LogP contribution in [-0.2, 0) is 6.42 Å². The molecular weight excluding hydrogens is 212 g/mol. The summed E-state index contributed by atoms with van der Waals surface area (Å²) in [7, 11) is 1.67. The van der Waals surface area contributed by atoms with Crippen molar-refractivity contribution in [3.63, 3.8) is 0 Å². The van der Waals surface area contributed by atoms with Gasteiger partial charge in [-0.15, -0.1) is 0 Å². The highest BCUT2D eigenvalue weighted by molar-refractivity contribution is 5.88. The number of ether oxygens (including phenoxy) is 1. The zero-order chi connectivity index (χ0) is 12.3. The molecule has 2 aromatic carbocycles. The van der Waals surface area contributed by atoms with Crippen molar-refractivity contribution in [2.45, 2.75) is 12.5 Å². The van der Waals surface area contributed by atoms with E-state index in [4.69, 9.17) is 15.9 Å². The second kappa shape index (κ2) is 4.97. The average Bonchev–Trinajstić information content (AvgIpc) is 2.37. The van der Waals surface area contributed by atoms with E-state index in [1.54, 1.807) is 7.11 Å². The van der Waals surface area contributed by atoms with Gasteiger partial charge in [0, 0.05) is 17.6 Å². The molecule has 17 heavy (non-hydrogen) atoms. The Bertz CT molecular complexity index is 537. The maximum Gasteiger partial charge on any atom is 0.126 e. The van der Waals surface area contributed by atoms with Gasteiger partial charge in [0.1, 0.15) is 5.75 Å². The summed E-state index contributed by atoms with van der Waals surface area (Å²) in [5.74, 6) is 0.880. The summed E-state index contributed by atoms with van der Waals surface area (Å²) >= 11 is 0. The van der Waals surface area contributed by atoms with Crippen LogP contribution >= 0.6 is 0 Å². The predicted molar refractivity (Wildman–Crippen MR) is 71.0 cm³/mol. The van der Waals surface area contributed by atoms with Crippen LogP contribution < -0.4 is 10.5 Å². The third kappa shape index (κ3) is 2.45. The smallest absolute Gasteiger partial charge is 0.126 e. The molecule has 1 atom stereocenters. The minimum Gasteiger partial charge on any atom is -0.496 e. The second-order valence-corrected chi connectivity index (χ2v) is 4.05. The highest BCUT2D eigenvalue weighted by atomic mass is 16.5. The third-order valence-corrected chi connectivity index (χ3v) is 2.81. The van der Waals surface area contributed by atoms with E-state index in [0.717, 1.165) is 22.1 Å². The van der Waals surface area contributed by atoms with Crippen molar-refractivity contribution < 1.29 is 4.74 Å². The molecule has 0 radical (unpaired) electrons. The Morgan fingerprint density at radius 3 is 2.88 bits per heavy atom. The molecule has 3 nitrogen and oxygen atoms in total. The lowest BCUT2D eigenvalue weighted by Crippen LogP contribution is -2.23. The Labute approximate surface area is 101 Å². The Hall–Kier alpha value is -1.87. The van der Waals surface area contributed by atoms with Gasteiger partial charge < -0.3 is 15.9 Å². The van der Waals surface area contributed by atoms with Gasteiger partial charge in [-0.2, -0.15) is 0 Å². The number of hydrogen-bond donors (Lipinski definition) is 2. The number of methoxy groups -OCH3 is 1. The molecule has 0 aromatic heterocycles. The summed E-state index contributed by atoms with van der Waals surface area (Å²) < 4.78 is 5.31. The molecule has 0 heterocycles. The van der Waals surface area contributed by atoms with E-state index in [2.05, 4.69) is 12.1 Å². The summed E-state index contributed by atoms with van der Waals surface area (Å²) in [5.41, 5.74) is 6.88. The van der Waals surface area contributed by atoms with Gasteiger partial charge in [0.25, 0.3) is 0 Å². The van der Waals surface area contributed by atoms with E-state index in [9.17, 15) is 0 Å². The van der Waals surface area contributed by atoms with Gasteiger partial charge in [0.05, 0.1) is 7.11 Å². The quantitative estimate of drug-likeness (QED) is 0.789. The van der Waals surface area contributed by atoms with Crippen molar-refractivity contribution in [3.05, 3.63) is 42.0 Å². The van der Waals surface area contributed by atoms with Crippen LogP contribution in [0.3, 0.4) is 0 Å².